The largest absolute Gasteiger partial charge is 0.476 e. The number of fused-ring (bicyclic) bond motifs is 1. The second-order valence-electron chi connectivity index (χ2n) is 4.18. The standard InChI is InChI=1S/C12H13N3O4/c1-4-6(2)5-15-11(16)9-8(7(3)19-14-9)10(13-15)12(17)18/h2,4-5H2,1,3H3,(H,17,18). The monoisotopic (exact) mass is 263 g/mol. The Morgan fingerprint density at radius 1 is 1.53 bits per heavy atom. The number of nitrogens with zero attached hydrogens (tertiary/aromatic N) is 3. The molecule has 0 unspecified atom stereocenters. The maximum absolute atomic E-state index is 12.1. The number of allylic oxidation sites excluding steroid dienone is 1. The van der Waals surface area contributed by atoms with E-state index < -0.39 is 11.5 Å². The van der Waals surface area contributed by atoms with Crippen molar-refractivity contribution < 1.29 is 14.4 Å². The van der Waals surface area contributed by atoms with Gasteiger partial charge in [0, 0.05) is 0 Å². The molecule has 7 nitrogen and oxygen atoms in total. The fourth-order valence-corrected chi connectivity index (χ4v) is 1.72. The number of hydrogen-bond acceptors (Lipinski definition) is 5. The molecule has 2 rings (SSSR count). The Hall–Kier alpha value is -2.44. The average Bonchev–Trinajstić information content (AvgIpc) is 2.75. The zero-order chi connectivity index (χ0) is 14.2. The van der Waals surface area contributed by atoms with E-state index in [1.807, 2.05) is 6.92 Å². The lowest BCUT2D eigenvalue weighted by atomic mass is 10.2. The number of aryl methyl sites for hydroxylation is 1. The molecule has 19 heavy (non-hydrogen) atoms. The second kappa shape index (κ2) is 4.68. The SMILES string of the molecule is C=C(CC)Cn1nc(C(=O)O)c2c(C)onc2c1=O. The van der Waals surface area contributed by atoms with Crippen LogP contribution in [0.25, 0.3) is 10.9 Å². The summed E-state index contributed by atoms with van der Waals surface area (Å²) in [5.41, 5.74) is 0.0306. The number of hydrogen-bond donors (Lipinski definition) is 1. The molecular formula is C12H13N3O4. The van der Waals surface area contributed by atoms with Crippen LogP contribution in [0.5, 0.6) is 0 Å². The van der Waals surface area contributed by atoms with Crippen LogP contribution in [0, 0.1) is 6.92 Å². The highest BCUT2D eigenvalue weighted by Crippen LogP contribution is 2.17. The highest BCUT2D eigenvalue weighted by molar-refractivity contribution is 6.00. The summed E-state index contributed by atoms with van der Waals surface area (Å²) in [6.45, 7) is 7.38. The number of carbonyl (C=O) groups is 1. The Morgan fingerprint density at radius 3 is 2.79 bits per heavy atom. The fraction of sp³-hybridized carbons (Fsp3) is 0.333. The molecule has 2 aromatic rings. The van der Waals surface area contributed by atoms with Crippen LogP contribution in [0.2, 0.25) is 0 Å². The van der Waals surface area contributed by atoms with E-state index in [0.717, 1.165) is 10.3 Å². The zero-order valence-electron chi connectivity index (χ0n) is 10.6. The maximum Gasteiger partial charge on any atom is 0.357 e. The van der Waals surface area contributed by atoms with Gasteiger partial charge in [-0.25, -0.2) is 9.48 Å². The molecule has 100 valence electrons. The summed E-state index contributed by atoms with van der Waals surface area (Å²) in [5.74, 6) is -0.967. The van der Waals surface area contributed by atoms with Gasteiger partial charge in [-0.05, 0) is 13.3 Å². The van der Waals surface area contributed by atoms with Crippen LogP contribution in [-0.2, 0) is 6.54 Å². The third kappa shape index (κ3) is 2.14. The van der Waals surface area contributed by atoms with Gasteiger partial charge in [-0.1, -0.05) is 24.2 Å². The first-order valence-corrected chi connectivity index (χ1v) is 5.72. The average molecular weight is 263 g/mol. The summed E-state index contributed by atoms with van der Waals surface area (Å²) in [4.78, 5) is 23.3. The van der Waals surface area contributed by atoms with Gasteiger partial charge in [-0.2, -0.15) is 5.10 Å². The van der Waals surface area contributed by atoms with Gasteiger partial charge in [0.15, 0.2) is 11.2 Å². The molecule has 0 saturated heterocycles. The third-order valence-corrected chi connectivity index (χ3v) is 2.83. The second-order valence-corrected chi connectivity index (χ2v) is 4.18. The van der Waals surface area contributed by atoms with E-state index in [2.05, 4.69) is 16.8 Å². The first kappa shape index (κ1) is 13.0. The van der Waals surface area contributed by atoms with Crippen molar-refractivity contribution in [3.63, 3.8) is 0 Å². The predicted octanol–water partition coefficient (Wildman–Crippen LogP) is 1.36. The van der Waals surface area contributed by atoms with Gasteiger partial charge in [0.1, 0.15) is 5.76 Å². The quantitative estimate of drug-likeness (QED) is 0.836. The van der Waals surface area contributed by atoms with Crippen LogP contribution in [0.3, 0.4) is 0 Å². The summed E-state index contributed by atoms with van der Waals surface area (Å²) < 4.78 is 5.94. The molecule has 0 atom stereocenters. The lowest BCUT2D eigenvalue weighted by Crippen LogP contribution is -2.26. The normalized spacial score (nSPS) is 10.8. The molecular weight excluding hydrogens is 250 g/mol. The number of carboxylic acids is 1. The molecule has 0 aliphatic carbocycles. The Labute approximate surface area is 108 Å². The van der Waals surface area contributed by atoms with Crippen LogP contribution in [0.1, 0.15) is 29.6 Å². The van der Waals surface area contributed by atoms with Crippen molar-refractivity contribution in [3.8, 4) is 0 Å². The molecule has 1 N–H and O–H groups in total. The van der Waals surface area contributed by atoms with E-state index in [0.29, 0.717) is 6.42 Å². The highest BCUT2D eigenvalue weighted by atomic mass is 16.5. The molecule has 0 amide bonds. The van der Waals surface area contributed by atoms with Gasteiger partial charge in [0.05, 0.1) is 11.9 Å². The Kier molecular flexibility index (Phi) is 3.20. The van der Waals surface area contributed by atoms with E-state index >= 15 is 0 Å². The van der Waals surface area contributed by atoms with Crippen molar-refractivity contribution in [3.05, 3.63) is 34.0 Å². The van der Waals surface area contributed by atoms with E-state index in [1.54, 1.807) is 0 Å². The van der Waals surface area contributed by atoms with E-state index in [4.69, 9.17) is 9.63 Å². The molecule has 0 fully saturated rings. The topological polar surface area (TPSA) is 98.2 Å². The first-order chi connectivity index (χ1) is 8.95. The van der Waals surface area contributed by atoms with Crippen LogP contribution in [0.15, 0.2) is 21.5 Å². The number of carboxylic acid groups (broad SMARTS) is 1. The van der Waals surface area contributed by atoms with Crippen LogP contribution >= 0.6 is 0 Å². The number of rotatable bonds is 4. The first-order valence-electron chi connectivity index (χ1n) is 5.72. The maximum atomic E-state index is 12.1. The van der Waals surface area contributed by atoms with Crippen molar-refractivity contribution in [2.75, 3.05) is 0 Å². The molecule has 0 saturated carbocycles. The van der Waals surface area contributed by atoms with Crippen LogP contribution in [-0.4, -0.2) is 26.0 Å². The number of aromatic nitrogens is 3. The minimum Gasteiger partial charge on any atom is -0.476 e. The molecule has 0 aliphatic heterocycles. The molecule has 0 aliphatic rings. The third-order valence-electron chi connectivity index (χ3n) is 2.83. The summed E-state index contributed by atoms with van der Waals surface area (Å²) in [5, 5.41) is 16.8. The smallest absolute Gasteiger partial charge is 0.357 e. The Bertz CT molecular complexity index is 726. The predicted molar refractivity (Wildman–Crippen MR) is 67.2 cm³/mol. The molecule has 2 heterocycles. The minimum absolute atomic E-state index is 0.0196. The lowest BCUT2D eigenvalue weighted by Gasteiger charge is -2.06. The fourth-order valence-electron chi connectivity index (χ4n) is 1.72. The van der Waals surface area contributed by atoms with Crippen LogP contribution < -0.4 is 5.56 Å². The Morgan fingerprint density at radius 2 is 2.21 bits per heavy atom. The van der Waals surface area contributed by atoms with Crippen molar-refractivity contribution >= 4 is 16.9 Å². The molecule has 0 bridgehead atoms. The van der Waals surface area contributed by atoms with Crippen LogP contribution in [0.4, 0.5) is 0 Å². The van der Waals surface area contributed by atoms with Gasteiger partial charge in [0.25, 0.3) is 5.56 Å². The van der Waals surface area contributed by atoms with Gasteiger partial charge in [-0.3, -0.25) is 4.79 Å². The van der Waals surface area contributed by atoms with Gasteiger partial charge >= 0.3 is 5.97 Å². The van der Waals surface area contributed by atoms with Gasteiger partial charge < -0.3 is 9.63 Å². The summed E-state index contributed by atoms with van der Waals surface area (Å²) >= 11 is 0. The molecule has 7 heteroatoms. The van der Waals surface area contributed by atoms with E-state index in [-0.39, 0.29) is 28.9 Å². The van der Waals surface area contributed by atoms with Crippen molar-refractivity contribution in [1.82, 2.24) is 14.9 Å². The molecule has 0 spiro atoms. The summed E-state index contributed by atoms with van der Waals surface area (Å²) in [6.07, 6.45) is 0.673. The summed E-state index contributed by atoms with van der Waals surface area (Å²) in [6, 6.07) is 0. The molecule has 2 aromatic heterocycles. The Balaban J connectivity index is 2.74. The van der Waals surface area contributed by atoms with E-state index in [9.17, 15) is 9.59 Å². The number of aromatic carboxylic acids is 1. The zero-order valence-corrected chi connectivity index (χ0v) is 10.6. The minimum atomic E-state index is -1.23. The van der Waals surface area contributed by atoms with Gasteiger partial charge in [-0.15, -0.1) is 0 Å². The molecule has 0 radical (unpaired) electrons. The van der Waals surface area contributed by atoms with Gasteiger partial charge in [0.2, 0.25) is 0 Å². The van der Waals surface area contributed by atoms with E-state index in [1.165, 1.54) is 6.92 Å². The molecule has 0 aromatic carbocycles. The van der Waals surface area contributed by atoms with Crippen molar-refractivity contribution in [2.45, 2.75) is 26.8 Å². The summed E-state index contributed by atoms with van der Waals surface area (Å²) in [7, 11) is 0. The highest BCUT2D eigenvalue weighted by Gasteiger charge is 2.21. The van der Waals surface area contributed by atoms with Crippen molar-refractivity contribution in [2.24, 2.45) is 0 Å². The van der Waals surface area contributed by atoms with Crippen molar-refractivity contribution in [1.29, 1.82) is 0 Å². The lowest BCUT2D eigenvalue weighted by molar-refractivity contribution is 0.0690.